The number of hydrogen-bond donors (Lipinski definition) is 1. The standard InChI is InChI=1S/C18H23BrN2O3/c1-11-16(18(22)23)9-14-8-13(19)10-21(14)17(11)12(2)20-6-4-15(24-3)5-7-20/h8-10,12,15H,4-7H2,1-3H3,(H,22,23). The largest absolute Gasteiger partial charge is 0.478 e. The van der Waals surface area contributed by atoms with Gasteiger partial charge in [0.05, 0.1) is 11.7 Å². The van der Waals surface area contributed by atoms with E-state index in [1.54, 1.807) is 13.2 Å². The summed E-state index contributed by atoms with van der Waals surface area (Å²) in [6.07, 6.45) is 4.37. The van der Waals surface area contributed by atoms with E-state index in [-0.39, 0.29) is 6.04 Å². The van der Waals surface area contributed by atoms with E-state index in [0.29, 0.717) is 11.7 Å². The van der Waals surface area contributed by atoms with Gasteiger partial charge in [0.2, 0.25) is 0 Å². The van der Waals surface area contributed by atoms with Crippen LogP contribution in [-0.4, -0.2) is 46.7 Å². The highest BCUT2D eigenvalue weighted by Gasteiger charge is 2.27. The van der Waals surface area contributed by atoms with Gasteiger partial charge in [0.1, 0.15) is 0 Å². The second-order valence-electron chi connectivity index (χ2n) is 6.47. The highest BCUT2D eigenvalue weighted by Crippen LogP contribution is 2.31. The number of carbonyl (C=O) groups is 1. The molecule has 5 nitrogen and oxygen atoms in total. The molecular formula is C18H23BrN2O3. The maximum atomic E-state index is 11.7. The van der Waals surface area contributed by atoms with E-state index >= 15 is 0 Å². The number of likely N-dealkylation sites (tertiary alicyclic amines) is 1. The molecule has 1 aliphatic heterocycles. The quantitative estimate of drug-likeness (QED) is 0.854. The van der Waals surface area contributed by atoms with Gasteiger partial charge in [-0.2, -0.15) is 0 Å². The van der Waals surface area contributed by atoms with Crippen molar-refractivity contribution in [2.75, 3.05) is 20.2 Å². The molecular weight excluding hydrogens is 372 g/mol. The molecule has 3 heterocycles. The Labute approximate surface area is 150 Å². The van der Waals surface area contributed by atoms with Crippen LogP contribution in [0.25, 0.3) is 5.52 Å². The minimum Gasteiger partial charge on any atom is -0.478 e. The molecule has 1 atom stereocenters. The van der Waals surface area contributed by atoms with Gasteiger partial charge in [0, 0.05) is 48.1 Å². The van der Waals surface area contributed by atoms with Gasteiger partial charge in [-0.15, -0.1) is 0 Å². The average Bonchev–Trinajstić information content (AvgIpc) is 2.93. The summed E-state index contributed by atoms with van der Waals surface area (Å²) in [7, 11) is 1.77. The Balaban J connectivity index is 2.04. The minimum atomic E-state index is -0.876. The number of rotatable bonds is 4. The Bertz CT molecular complexity index is 763. The molecule has 0 bridgehead atoms. The number of nitrogens with zero attached hydrogens (tertiary/aromatic N) is 2. The number of carboxylic acids is 1. The lowest BCUT2D eigenvalue weighted by Gasteiger charge is -2.36. The molecule has 6 heteroatoms. The smallest absolute Gasteiger partial charge is 0.336 e. The lowest BCUT2D eigenvalue weighted by atomic mass is 9.99. The van der Waals surface area contributed by atoms with E-state index in [4.69, 9.17) is 4.74 Å². The maximum absolute atomic E-state index is 11.7. The SMILES string of the molecule is COC1CCN(C(C)c2c(C)c(C(=O)O)cc3cc(Br)cn23)CC1. The van der Waals surface area contributed by atoms with Crippen LogP contribution in [0, 0.1) is 6.92 Å². The van der Waals surface area contributed by atoms with Crippen molar-refractivity contribution >= 4 is 27.4 Å². The molecule has 3 rings (SSSR count). The van der Waals surface area contributed by atoms with Gasteiger partial charge in [-0.1, -0.05) is 0 Å². The fourth-order valence-electron chi connectivity index (χ4n) is 3.75. The Morgan fingerprint density at radius 3 is 2.62 bits per heavy atom. The predicted octanol–water partition coefficient (Wildman–Crippen LogP) is 3.88. The van der Waals surface area contributed by atoms with Crippen LogP contribution in [0.1, 0.15) is 47.4 Å². The van der Waals surface area contributed by atoms with Crippen molar-refractivity contribution in [3.8, 4) is 0 Å². The van der Waals surface area contributed by atoms with Crippen LogP contribution in [-0.2, 0) is 4.74 Å². The first-order chi connectivity index (χ1) is 11.4. The zero-order chi connectivity index (χ0) is 17.4. The van der Waals surface area contributed by atoms with Gasteiger partial charge in [0.25, 0.3) is 0 Å². The number of pyridine rings is 1. The summed E-state index contributed by atoms with van der Waals surface area (Å²) in [5.74, 6) is -0.876. The van der Waals surface area contributed by atoms with Crippen molar-refractivity contribution < 1.29 is 14.6 Å². The van der Waals surface area contributed by atoms with Gasteiger partial charge in [-0.3, -0.25) is 4.90 Å². The number of methoxy groups -OCH3 is 1. The number of aromatic carboxylic acids is 1. The van der Waals surface area contributed by atoms with Crippen molar-refractivity contribution in [2.45, 2.75) is 38.8 Å². The molecule has 1 unspecified atom stereocenters. The lowest BCUT2D eigenvalue weighted by molar-refractivity contribution is 0.0286. The van der Waals surface area contributed by atoms with Crippen LogP contribution < -0.4 is 0 Å². The normalized spacial score (nSPS) is 18.2. The van der Waals surface area contributed by atoms with Crippen LogP contribution >= 0.6 is 15.9 Å². The predicted molar refractivity (Wildman–Crippen MR) is 96.8 cm³/mol. The van der Waals surface area contributed by atoms with Crippen molar-refractivity contribution in [1.82, 2.24) is 9.30 Å². The first-order valence-electron chi connectivity index (χ1n) is 8.23. The summed E-state index contributed by atoms with van der Waals surface area (Å²) in [6.45, 7) is 5.99. The zero-order valence-electron chi connectivity index (χ0n) is 14.3. The Kier molecular flexibility index (Phi) is 4.99. The van der Waals surface area contributed by atoms with Gasteiger partial charge in [-0.05, 0) is 60.3 Å². The number of aromatic nitrogens is 1. The third-order valence-electron chi connectivity index (χ3n) is 5.14. The molecule has 1 aliphatic rings. The third kappa shape index (κ3) is 3.10. The number of piperidine rings is 1. The summed E-state index contributed by atoms with van der Waals surface area (Å²) < 4.78 is 8.52. The van der Waals surface area contributed by atoms with Crippen LogP contribution in [0.2, 0.25) is 0 Å². The fraction of sp³-hybridized carbons (Fsp3) is 0.500. The Morgan fingerprint density at radius 1 is 1.38 bits per heavy atom. The number of carboxylic acid groups (broad SMARTS) is 1. The molecule has 0 amide bonds. The molecule has 2 aromatic rings. The molecule has 0 radical (unpaired) electrons. The number of halogens is 1. The van der Waals surface area contributed by atoms with E-state index in [1.807, 2.05) is 19.2 Å². The molecule has 1 N–H and O–H groups in total. The van der Waals surface area contributed by atoms with E-state index in [9.17, 15) is 9.90 Å². The molecule has 0 saturated carbocycles. The maximum Gasteiger partial charge on any atom is 0.336 e. The van der Waals surface area contributed by atoms with Gasteiger partial charge in [0.15, 0.2) is 0 Å². The topological polar surface area (TPSA) is 54.2 Å². The molecule has 2 aromatic heterocycles. The molecule has 24 heavy (non-hydrogen) atoms. The van der Waals surface area contributed by atoms with Crippen molar-refractivity contribution in [1.29, 1.82) is 0 Å². The molecule has 0 aliphatic carbocycles. The monoisotopic (exact) mass is 394 g/mol. The summed E-state index contributed by atoms with van der Waals surface area (Å²) in [4.78, 5) is 14.1. The summed E-state index contributed by atoms with van der Waals surface area (Å²) in [6, 6.07) is 3.85. The molecule has 1 saturated heterocycles. The number of fused-ring (bicyclic) bond motifs is 1. The number of ether oxygens (including phenoxy) is 1. The highest BCUT2D eigenvalue weighted by atomic mass is 79.9. The summed E-state index contributed by atoms with van der Waals surface area (Å²) in [5.41, 5.74) is 3.16. The van der Waals surface area contributed by atoms with E-state index in [1.165, 1.54) is 0 Å². The van der Waals surface area contributed by atoms with Crippen LogP contribution in [0.5, 0.6) is 0 Å². The van der Waals surface area contributed by atoms with Crippen LogP contribution in [0.4, 0.5) is 0 Å². The van der Waals surface area contributed by atoms with Crippen LogP contribution in [0.15, 0.2) is 22.8 Å². The van der Waals surface area contributed by atoms with E-state index in [2.05, 4.69) is 32.2 Å². The van der Waals surface area contributed by atoms with Gasteiger partial charge >= 0.3 is 5.97 Å². The summed E-state index contributed by atoms with van der Waals surface area (Å²) in [5, 5.41) is 9.56. The van der Waals surface area contributed by atoms with Crippen molar-refractivity contribution in [3.05, 3.63) is 39.6 Å². The summed E-state index contributed by atoms with van der Waals surface area (Å²) >= 11 is 3.51. The number of hydrogen-bond acceptors (Lipinski definition) is 3. The van der Waals surface area contributed by atoms with Crippen molar-refractivity contribution in [2.24, 2.45) is 0 Å². The van der Waals surface area contributed by atoms with Gasteiger partial charge in [-0.25, -0.2) is 4.79 Å². The molecule has 0 aromatic carbocycles. The second-order valence-corrected chi connectivity index (χ2v) is 7.39. The highest BCUT2D eigenvalue weighted by molar-refractivity contribution is 9.10. The van der Waals surface area contributed by atoms with Gasteiger partial charge < -0.3 is 14.2 Å². The molecule has 0 spiro atoms. The average molecular weight is 395 g/mol. The minimum absolute atomic E-state index is 0.143. The third-order valence-corrected chi connectivity index (χ3v) is 5.57. The first kappa shape index (κ1) is 17.5. The second kappa shape index (κ2) is 6.86. The molecule has 130 valence electrons. The molecule has 1 fully saturated rings. The van der Waals surface area contributed by atoms with Crippen LogP contribution in [0.3, 0.4) is 0 Å². The zero-order valence-corrected chi connectivity index (χ0v) is 15.8. The fourth-order valence-corrected chi connectivity index (χ4v) is 4.19. The van der Waals surface area contributed by atoms with E-state index in [0.717, 1.165) is 47.2 Å². The lowest BCUT2D eigenvalue weighted by Crippen LogP contribution is -2.39. The first-order valence-corrected chi connectivity index (χ1v) is 9.03. The Hall–Kier alpha value is -1.37. The van der Waals surface area contributed by atoms with Crippen molar-refractivity contribution in [3.63, 3.8) is 0 Å². The Morgan fingerprint density at radius 2 is 2.04 bits per heavy atom. The van der Waals surface area contributed by atoms with E-state index < -0.39 is 5.97 Å².